The van der Waals surface area contributed by atoms with E-state index in [1.54, 1.807) is 0 Å². The van der Waals surface area contributed by atoms with Gasteiger partial charge in [0.15, 0.2) is 6.10 Å². The van der Waals surface area contributed by atoms with Gasteiger partial charge in [-0.3, -0.25) is 32.5 Å². The Morgan fingerprint density at radius 2 is 0.570 bits per heavy atom. The van der Waals surface area contributed by atoms with Crippen LogP contribution in [0.4, 0.5) is 0 Å². The summed E-state index contributed by atoms with van der Waals surface area (Å²) in [6, 6.07) is 0. The minimum atomic E-state index is -4.94. The summed E-state index contributed by atoms with van der Waals surface area (Å²) in [6.45, 7) is 2.46. The molecule has 4 N–H and O–H groups in total. The molecular weight excluding hydrogens is 1220 g/mol. The predicted molar refractivity (Wildman–Crippen MR) is 380 cm³/mol. The van der Waals surface area contributed by atoms with Gasteiger partial charge in [0.1, 0.15) is 25.4 Å². The molecule has 0 bridgehead atoms. The van der Waals surface area contributed by atoms with E-state index in [2.05, 4.69) is 142 Å². The lowest BCUT2D eigenvalue weighted by atomic mass is 10.1. The van der Waals surface area contributed by atoms with E-state index >= 15 is 0 Å². The molecule has 93 heavy (non-hydrogen) atoms. The van der Waals surface area contributed by atoms with Gasteiger partial charge in [-0.2, -0.15) is 0 Å². The van der Waals surface area contributed by atoms with Crippen molar-refractivity contribution >= 4 is 33.6 Å². The number of unbranched alkanes of at least 4 members (excludes halogenated alkanes) is 24. The molecule has 0 amide bonds. The average molecular weight is 1350 g/mol. The zero-order chi connectivity index (χ0) is 68.1. The van der Waals surface area contributed by atoms with Gasteiger partial charge in [-0.25, -0.2) is 9.13 Å². The van der Waals surface area contributed by atoms with E-state index in [1.807, 2.05) is 0 Å². The van der Waals surface area contributed by atoms with Crippen molar-refractivity contribution in [2.24, 2.45) is 0 Å². The van der Waals surface area contributed by atoms with E-state index in [0.717, 1.165) is 173 Å². The Hall–Kier alpha value is -4.05. The van der Waals surface area contributed by atoms with Crippen LogP contribution in [0.3, 0.4) is 0 Å². The molecule has 0 aliphatic heterocycles. The molecule has 0 heterocycles. The molecule has 0 aromatic carbocycles. The highest BCUT2D eigenvalue weighted by molar-refractivity contribution is 7.47. The summed E-state index contributed by atoms with van der Waals surface area (Å²) in [5.41, 5.74) is 0. The number of aliphatic hydroxyl groups is 2. The number of hydrogen-bond donors (Lipinski definition) is 4. The zero-order valence-electron chi connectivity index (χ0n) is 57.9. The topological polar surface area (TPSA) is 231 Å². The normalized spacial score (nSPS) is 14.9. The van der Waals surface area contributed by atoms with Gasteiger partial charge in [0.05, 0.1) is 26.4 Å². The number of phosphoric ester groups is 2. The molecule has 0 radical (unpaired) electrons. The molecule has 0 saturated heterocycles. The van der Waals surface area contributed by atoms with E-state index in [4.69, 9.17) is 32.3 Å². The van der Waals surface area contributed by atoms with Crippen molar-refractivity contribution in [3.05, 3.63) is 122 Å². The molecule has 18 heteroatoms. The van der Waals surface area contributed by atoms with Crippen LogP contribution in [0.25, 0.3) is 0 Å². The number of ether oxygens (including phenoxy) is 3. The second-order valence-electron chi connectivity index (χ2n) is 23.6. The Kier molecular flexibility index (Phi) is 65.0. The predicted octanol–water partition coefficient (Wildman–Crippen LogP) is 20.2. The third-order valence-corrected chi connectivity index (χ3v) is 16.5. The molecule has 0 aliphatic carbocycles. The van der Waals surface area contributed by atoms with Crippen LogP contribution in [0.5, 0.6) is 0 Å². The molecule has 0 fully saturated rings. The van der Waals surface area contributed by atoms with Crippen LogP contribution in [-0.4, -0.2) is 95.9 Å². The van der Waals surface area contributed by atoms with Gasteiger partial charge in [-0.05, 0) is 135 Å². The summed E-state index contributed by atoms with van der Waals surface area (Å²) >= 11 is 0. The van der Waals surface area contributed by atoms with Crippen molar-refractivity contribution in [2.75, 3.05) is 39.6 Å². The van der Waals surface area contributed by atoms with E-state index in [0.29, 0.717) is 19.3 Å². The monoisotopic (exact) mass is 1350 g/mol. The standard InChI is InChI=1S/C75H128O16P2/c1-4-7-10-13-16-19-22-25-28-30-32-33-34-35-37-39-41-43-46-49-52-55-58-61-73(78)85-64-70(76)65-87-92(81,82)88-66-71(77)67-89-93(83,84)90-69-72(91-75(80)63-60-57-54-51-48-45-40-27-24-21-18-15-12-9-6-3)68-86-74(79)62-59-56-53-50-47-44-42-38-36-31-29-26-23-20-17-14-11-8-5-2/h8,11,16-21,25-29,32-33,35-38,40,70-72,76-77H,4-7,9-10,12-15,22-24,30-31,34,39,41-69H2,1-3H3,(H,81,82)(H,83,84)/b11-8-,19-16-,20-17-,21-18-,28-25-,29-26-,33-32-,37-35-,38-36-,40-27-. The fourth-order valence-corrected chi connectivity index (χ4v) is 10.7. The number of hydrogen-bond acceptors (Lipinski definition) is 14. The SMILES string of the molecule is CC/C=C\C/C=C\C/C=C\C/C=C\CCCCCCCCC(=O)OCC(COP(=O)(O)OCC(O)COP(=O)(O)OCC(O)COC(=O)CCCCCCCCC/C=C\C/C=C\C/C=C\C/C=C\CCCCC)OC(=O)CCCCCCC/C=C\C/C=C\CCCCC. The van der Waals surface area contributed by atoms with E-state index in [1.165, 1.54) is 44.9 Å². The van der Waals surface area contributed by atoms with Gasteiger partial charge in [0.25, 0.3) is 0 Å². The number of allylic oxidation sites excluding steroid dienone is 20. The molecule has 534 valence electrons. The van der Waals surface area contributed by atoms with Crippen molar-refractivity contribution in [2.45, 2.75) is 296 Å². The fraction of sp³-hybridized carbons (Fsp3) is 0.693. The van der Waals surface area contributed by atoms with Gasteiger partial charge >= 0.3 is 33.6 Å². The molecule has 0 aromatic heterocycles. The molecule has 0 aromatic rings. The summed E-state index contributed by atoms with van der Waals surface area (Å²) in [5, 5.41) is 20.6. The van der Waals surface area contributed by atoms with Crippen LogP contribution in [0, 0.1) is 0 Å². The number of phosphoric acid groups is 2. The van der Waals surface area contributed by atoms with Crippen LogP contribution in [0.2, 0.25) is 0 Å². The second kappa shape index (κ2) is 67.9. The van der Waals surface area contributed by atoms with Crippen molar-refractivity contribution in [3.63, 3.8) is 0 Å². The minimum absolute atomic E-state index is 0.0822. The van der Waals surface area contributed by atoms with E-state index in [-0.39, 0.29) is 19.3 Å². The summed E-state index contributed by atoms with van der Waals surface area (Å²) in [4.78, 5) is 58.5. The highest BCUT2D eigenvalue weighted by Gasteiger charge is 2.29. The lowest BCUT2D eigenvalue weighted by Gasteiger charge is -2.21. The van der Waals surface area contributed by atoms with Gasteiger partial charge in [-0.15, -0.1) is 0 Å². The first-order valence-corrected chi connectivity index (χ1v) is 38.8. The molecule has 0 rings (SSSR count). The Bertz CT molecular complexity index is 2180. The Morgan fingerprint density at radius 1 is 0.312 bits per heavy atom. The first kappa shape index (κ1) is 89.0. The zero-order valence-corrected chi connectivity index (χ0v) is 59.7. The molecule has 5 atom stereocenters. The number of aliphatic hydroxyl groups excluding tert-OH is 2. The second-order valence-corrected chi connectivity index (χ2v) is 26.6. The minimum Gasteiger partial charge on any atom is -0.463 e. The molecule has 16 nitrogen and oxygen atoms in total. The van der Waals surface area contributed by atoms with E-state index in [9.17, 15) is 43.5 Å². The first-order chi connectivity index (χ1) is 45.2. The number of carbonyl (C=O) groups is 3. The highest BCUT2D eigenvalue weighted by Crippen LogP contribution is 2.45. The molecular formula is C75H128O16P2. The third-order valence-electron chi connectivity index (χ3n) is 14.6. The van der Waals surface area contributed by atoms with Crippen LogP contribution in [-0.2, 0) is 55.8 Å². The van der Waals surface area contributed by atoms with Crippen LogP contribution < -0.4 is 0 Å². The van der Waals surface area contributed by atoms with Crippen LogP contribution in [0.1, 0.15) is 278 Å². The van der Waals surface area contributed by atoms with Crippen molar-refractivity contribution in [1.29, 1.82) is 0 Å². The van der Waals surface area contributed by atoms with E-state index < -0.39 is 91.5 Å². The molecule has 5 unspecified atom stereocenters. The summed E-state index contributed by atoms with van der Waals surface area (Å²) in [7, 11) is -9.80. The van der Waals surface area contributed by atoms with Crippen molar-refractivity contribution < 1.29 is 75.8 Å². The smallest absolute Gasteiger partial charge is 0.463 e. The number of carbonyl (C=O) groups excluding carboxylic acids is 3. The summed E-state index contributed by atoms with van der Waals surface area (Å²) < 4.78 is 60.9. The molecule has 0 spiro atoms. The van der Waals surface area contributed by atoms with Gasteiger partial charge in [-0.1, -0.05) is 245 Å². The van der Waals surface area contributed by atoms with Gasteiger partial charge in [0.2, 0.25) is 0 Å². The van der Waals surface area contributed by atoms with Gasteiger partial charge < -0.3 is 34.2 Å². The largest absolute Gasteiger partial charge is 0.472 e. The molecule has 0 aliphatic rings. The highest BCUT2D eigenvalue weighted by atomic mass is 31.2. The lowest BCUT2D eigenvalue weighted by molar-refractivity contribution is -0.161. The Morgan fingerprint density at radius 3 is 0.903 bits per heavy atom. The fourth-order valence-electron chi connectivity index (χ4n) is 9.16. The first-order valence-electron chi connectivity index (χ1n) is 35.8. The summed E-state index contributed by atoms with van der Waals surface area (Å²) in [5.74, 6) is -1.62. The third kappa shape index (κ3) is 69.1. The Labute approximate surface area is 563 Å². The lowest BCUT2D eigenvalue weighted by Crippen LogP contribution is -2.30. The Balaban J connectivity index is 4.66. The quantitative estimate of drug-likeness (QED) is 0.0146. The maximum Gasteiger partial charge on any atom is 0.472 e. The van der Waals surface area contributed by atoms with Gasteiger partial charge in [0, 0.05) is 19.3 Å². The van der Waals surface area contributed by atoms with Crippen molar-refractivity contribution in [3.8, 4) is 0 Å². The average Bonchev–Trinajstić information content (AvgIpc) is 3.19. The molecule has 0 saturated carbocycles. The van der Waals surface area contributed by atoms with Crippen molar-refractivity contribution in [1.82, 2.24) is 0 Å². The van der Waals surface area contributed by atoms with Crippen LogP contribution in [0.15, 0.2) is 122 Å². The number of rotatable bonds is 67. The summed E-state index contributed by atoms with van der Waals surface area (Å²) in [6.07, 6.45) is 78.1. The maximum atomic E-state index is 12.9. The number of esters is 3. The van der Waals surface area contributed by atoms with Crippen LogP contribution >= 0.6 is 15.6 Å². The maximum absolute atomic E-state index is 12.9.